The van der Waals surface area contributed by atoms with Crippen LogP contribution in [0.5, 0.6) is 0 Å². The normalized spacial score (nSPS) is 18.4. The molecule has 0 aliphatic carbocycles. The molecule has 0 fully saturated rings. The molecule has 0 saturated carbocycles. The lowest BCUT2D eigenvalue weighted by molar-refractivity contribution is -0.137. The number of ether oxygens (including phenoxy) is 2. The molecule has 1 aliphatic rings. The number of thioether (sulfide) groups is 1. The van der Waals surface area contributed by atoms with E-state index in [9.17, 15) is 9.59 Å². The zero-order valence-corrected chi connectivity index (χ0v) is 22.0. The number of allylic oxidation sites excluding steroid dienone is 1. The molecule has 176 valence electrons. The Morgan fingerprint density at radius 1 is 1.06 bits per heavy atom. The van der Waals surface area contributed by atoms with Gasteiger partial charge in [-0.3, -0.25) is 0 Å². The Kier molecular flexibility index (Phi) is 7.57. The number of aryl methyl sites for hydroxylation is 1. The Hall–Kier alpha value is -1.95. The molecular weight excluding hydrogens is 479 g/mol. The van der Waals surface area contributed by atoms with Crippen molar-refractivity contribution in [3.63, 3.8) is 0 Å². The van der Waals surface area contributed by atoms with E-state index < -0.39 is 10.3 Å². The van der Waals surface area contributed by atoms with E-state index in [1.165, 1.54) is 11.8 Å². The van der Waals surface area contributed by atoms with E-state index in [1.807, 2.05) is 52.0 Å². The van der Waals surface area contributed by atoms with E-state index >= 15 is 0 Å². The fourth-order valence-corrected chi connectivity index (χ4v) is 5.65. The summed E-state index contributed by atoms with van der Waals surface area (Å²) in [4.78, 5) is 26.0. The van der Waals surface area contributed by atoms with Crippen molar-refractivity contribution in [3.05, 3.63) is 73.6 Å². The molecule has 1 aliphatic heterocycles. The zero-order valence-electron chi connectivity index (χ0n) is 19.7. The lowest BCUT2D eigenvalue weighted by atomic mass is 9.88. The van der Waals surface area contributed by atoms with Gasteiger partial charge in [0, 0.05) is 14.8 Å². The van der Waals surface area contributed by atoms with Crippen LogP contribution in [-0.2, 0) is 19.0 Å². The van der Waals surface area contributed by atoms with Crippen LogP contribution in [0, 0.1) is 6.92 Å². The van der Waals surface area contributed by atoms with Crippen molar-refractivity contribution in [3.8, 4) is 0 Å². The van der Waals surface area contributed by atoms with Gasteiger partial charge in [0.25, 0.3) is 0 Å². The van der Waals surface area contributed by atoms with Crippen LogP contribution in [0.3, 0.4) is 0 Å². The van der Waals surface area contributed by atoms with E-state index in [1.54, 1.807) is 19.1 Å². The molecule has 2 aromatic carbocycles. The molecule has 0 radical (unpaired) electrons. The minimum absolute atomic E-state index is 0.284. The molecule has 7 heteroatoms. The predicted octanol–water partition coefficient (Wildman–Crippen LogP) is 7.58. The van der Waals surface area contributed by atoms with Crippen LogP contribution in [0.1, 0.15) is 68.1 Å². The summed E-state index contributed by atoms with van der Waals surface area (Å²) in [5, 5.41) is 1.09. The molecule has 1 unspecified atom stereocenters. The standard InChI is InChI=1S/C26H28Cl2O4S/c1-7-31-24(30)22-21(14-26(6,33-22)17-11-18(27)13-19(28)12-17)16-8-9-20(15(2)10-16)23(29)32-25(3,4)5/h8-13H,7,14H2,1-6H3. The number of carbonyl (C=O) groups is 2. The lowest BCUT2D eigenvalue weighted by Crippen LogP contribution is -2.24. The number of benzene rings is 2. The van der Waals surface area contributed by atoms with Crippen LogP contribution in [0.2, 0.25) is 10.0 Å². The Labute approximate surface area is 209 Å². The van der Waals surface area contributed by atoms with Gasteiger partial charge in [-0.2, -0.15) is 0 Å². The Morgan fingerprint density at radius 3 is 2.24 bits per heavy atom. The van der Waals surface area contributed by atoms with Crippen molar-refractivity contribution in [2.45, 2.75) is 58.3 Å². The fourth-order valence-electron chi connectivity index (χ4n) is 3.77. The summed E-state index contributed by atoms with van der Waals surface area (Å²) in [5.41, 5.74) is 3.38. The molecule has 33 heavy (non-hydrogen) atoms. The maximum absolute atomic E-state index is 12.9. The second kappa shape index (κ2) is 9.73. The third-order valence-electron chi connectivity index (χ3n) is 5.24. The van der Waals surface area contributed by atoms with Crippen molar-refractivity contribution in [1.82, 2.24) is 0 Å². The van der Waals surface area contributed by atoms with Crippen molar-refractivity contribution in [2.24, 2.45) is 0 Å². The van der Waals surface area contributed by atoms with Crippen molar-refractivity contribution in [2.75, 3.05) is 6.61 Å². The fraction of sp³-hybridized carbons (Fsp3) is 0.385. The highest BCUT2D eigenvalue weighted by atomic mass is 35.5. The molecule has 0 spiro atoms. The quantitative estimate of drug-likeness (QED) is 0.391. The van der Waals surface area contributed by atoms with Gasteiger partial charge in [-0.25, -0.2) is 9.59 Å². The molecule has 0 N–H and O–H groups in total. The number of esters is 2. The van der Waals surface area contributed by atoms with Crippen molar-refractivity contribution in [1.29, 1.82) is 0 Å². The molecule has 0 amide bonds. The average molecular weight is 507 g/mol. The second-order valence-electron chi connectivity index (χ2n) is 9.23. The van der Waals surface area contributed by atoms with Gasteiger partial charge in [0.2, 0.25) is 0 Å². The minimum Gasteiger partial charge on any atom is -0.462 e. The van der Waals surface area contributed by atoms with Crippen LogP contribution >= 0.6 is 35.0 Å². The molecule has 2 aromatic rings. The van der Waals surface area contributed by atoms with Crippen LogP contribution < -0.4 is 0 Å². The summed E-state index contributed by atoms with van der Waals surface area (Å²) >= 11 is 14.0. The first kappa shape index (κ1) is 25.7. The molecule has 0 aromatic heterocycles. The summed E-state index contributed by atoms with van der Waals surface area (Å²) < 4.78 is 10.4. The molecule has 0 saturated heterocycles. The van der Waals surface area contributed by atoms with E-state index in [0.717, 1.165) is 22.3 Å². The number of hydrogen-bond donors (Lipinski definition) is 0. The van der Waals surface area contributed by atoms with E-state index in [0.29, 0.717) is 26.9 Å². The molecule has 3 rings (SSSR count). The number of hydrogen-bond acceptors (Lipinski definition) is 5. The molecule has 4 nitrogen and oxygen atoms in total. The van der Waals surface area contributed by atoms with Crippen molar-refractivity contribution >= 4 is 52.5 Å². The van der Waals surface area contributed by atoms with Gasteiger partial charge in [0.05, 0.1) is 17.1 Å². The third-order valence-corrected chi connectivity index (χ3v) is 7.13. The highest BCUT2D eigenvalue weighted by Crippen LogP contribution is 2.56. The van der Waals surface area contributed by atoms with E-state index in [4.69, 9.17) is 32.7 Å². The minimum atomic E-state index is -0.579. The van der Waals surface area contributed by atoms with Crippen molar-refractivity contribution < 1.29 is 19.1 Å². The summed E-state index contributed by atoms with van der Waals surface area (Å²) in [6.07, 6.45) is 0.577. The Morgan fingerprint density at radius 2 is 1.70 bits per heavy atom. The SMILES string of the molecule is CCOC(=O)C1=C(c2ccc(C(=O)OC(C)(C)C)c(C)c2)CC(C)(c2cc(Cl)cc(Cl)c2)S1. The molecule has 1 atom stereocenters. The van der Waals surface area contributed by atoms with Gasteiger partial charge in [-0.05, 0) is 94.5 Å². The van der Waals surface area contributed by atoms with E-state index in [-0.39, 0.29) is 18.5 Å². The van der Waals surface area contributed by atoms with Gasteiger partial charge in [0.15, 0.2) is 0 Å². The maximum atomic E-state index is 12.9. The van der Waals surface area contributed by atoms with Crippen LogP contribution in [-0.4, -0.2) is 24.1 Å². The van der Waals surface area contributed by atoms with Crippen LogP contribution in [0.4, 0.5) is 0 Å². The van der Waals surface area contributed by atoms with Crippen LogP contribution in [0.15, 0.2) is 41.3 Å². The van der Waals surface area contributed by atoms with Gasteiger partial charge < -0.3 is 9.47 Å². The molecule has 0 bridgehead atoms. The maximum Gasteiger partial charge on any atom is 0.344 e. The predicted molar refractivity (Wildman–Crippen MR) is 136 cm³/mol. The number of halogens is 2. The van der Waals surface area contributed by atoms with Gasteiger partial charge >= 0.3 is 11.9 Å². The number of rotatable bonds is 5. The number of carbonyl (C=O) groups excluding carboxylic acids is 2. The third kappa shape index (κ3) is 5.95. The van der Waals surface area contributed by atoms with E-state index in [2.05, 4.69) is 6.92 Å². The molecular formula is C26H28Cl2O4S. The smallest absolute Gasteiger partial charge is 0.344 e. The monoisotopic (exact) mass is 506 g/mol. The topological polar surface area (TPSA) is 52.6 Å². The lowest BCUT2D eigenvalue weighted by Gasteiger charge is -2.25. The molecule has 1 heterocycles. The largest absolute Gasteiger partial charge is 0.462 e. The summed E-state index contributed by atoms with van der Waals surface area (Å²) in [6.45, 7) is 11.5. The Bertz CT molecular complexity index is 1110. The highest BCUT2D eigenvalue weighted by molar-refractivity contribution is 8.05. The first-order chi connectivity index (χ1) is 15.3. The zero-order chi connectivity index (χ0) is 24.6. The first-order valence-corrected chi connectivity index (χ1v) is 12.3. The van der Waals surface area contributed by atoms with Gasteiger partial charge in [-0.1, -0.05) is 35.3 Å². The second-order valence-corrected chi connectivity index (χ2v) is 11.6. The average Bonchev–Trinajstić information content (AvgIpc) is 3.05. The first-order valence-electron chi connectivity index (χ1n) is 10.7. The Balaban J connectivity index is 2.02. The highest BCUT2D eigenvalue weighted by Gasteiger charge is 2.41. The summed E-state index contributed by atoms with van der Waals surface area (Å²) in [7, 11) is 0. The van der Waals surface area contributed by atoms with Gasteiger partial charge in [-0.15, -0.1) is 11.8 Å². The van der Waals surface area contributed by atoms with Crippen LogP contribution in [0.25, 0.3) is 5.57 Å². The summed E-state index contributed by atoms with van der Waals surface area (Å²) in [5.74, 6) is -0.728. The van der Waals surface area contributed by atoms with Gasteiger partial charge in [0.1, 0.15) is 5.60 Å². The summed E-state index contributed by atoms with van der Waals surface area (Å²) in [6, 6.07) is 11.0.